The molecule has 1 fully saturated rings. The van der Waals surface area contributed by atoms with Crippen LogP contribution in [0.1, 0.15) is 39.7 Å². The first kappa shape index (κ1) is 20.4. The van der Waals surface area contributed by atoms with Crippen molar-refractivity contribution in [1.82, 2.24) is 10.2 Å². The third-order valence-corrected chi connectivity index (χ3v) is 4.88. The van der Waals surface area contributed by atoms with E-state index in [0.29, 0.717) is 15.8 Å². The Bertz CT molecular complexity index is 762. The number of hydrogen-bond donors (Lipinski definition) is 1. The molecule has 1 aromatic rings. The monoisotopic (exact) mass is 388 g/mol. The lowest BCUT2D eigenvalue weighted by atomic mass is 10.1. The fourth-order valence-corrected chi connectivity index (χ4v) is 3.81. The lowest BCUT2D eigenvalue weighted by molar-refractivity contribution is -0.124. The van der Waals surface area contributed by atoms with Crippen molar-refractivity contribution < 1.29 is 9.59 Å². The van der Waals surface area contributed by atoms with E-state index in [1.165, 1.54) is 16.7 Å². The number of nitrogens with one attached hydrogen (secondary N) is 1. The minimum Gasteiger partial charge on any atom is -0.351 e. The maximum Gasteiger partial charge on any atom is 0.266 e. The highest BCUT2D eigenvalue weighted by atomic mass is 32.2. The first-order valence-electron chi connectivity index (χ1n) is 8.45. The van der Waals surface area contributed by atoms with Crippen LogP contribution in [0.3, 0.4) is 0 Å². The quantitative estimate of drug-likeness (QED) is 0.608. The number of allylic oxidation sites excluding steroid dienone is 2. The van der Waals surface area contributed by atoms with Crippen molar-refractivity contribution in [3.05, 3.63) is 52.4 Å². The molecule has 0 saturated carbocycles. The Hall–Kier alpha value is -1.92. The summed E-state index contributed by atoms with van der Waals surface area (Å²) in [6.07, 6.45) is 4.10. The van der Waals surface area contributed by atoms with Gasteiger partial charge in [-0.1, -0.05) is 60.4 Å². The van der Waals surface area contributed by atoms with E-state index in [0.717, 1.165) is 11.1 Å². The molecule has 138 valence electrons. The molecule has 0 bridgehead atoms. The summed E-state index contributed by atoms with van der Waals surface area (Å²) in [6, 6.07) is 9.93. The van der Waals surface area contributed by atoms with Crippen LogP contribution in [0.5, 0.6) is 0 Å². The highest BCUT2D eigenvalue weighted by Gasteiger charge is 2.32. The van der Waals surface area contributed by atoms with Crippen LogP contribution in [0, 0.1) is 0 Å². The van der Waals surface area contributed by atoms with Gasteiger partial charge in [0.25, 0.3) is 5.91 Å². The summed E-state index contributed by atoms with van der Waals surface area (Å²) in [4.78, 5) is 26.7. The van der Waals surface area contributed by atoms with E-state index < -0.39 is 0 Å². The molecular weight excluding hydrogens is 364 g/mol. The van der Waals surface area contributed by atoms with Crippen molar-refractivity contribution >= 4 is 46.2 Å². The highest BCUT2D eigenvalue weighted by Crippen LogP contribution is 2.32. The van der Waals surface area contributed by atoms with E-state index in [1.54, 1.807) is 0 Å². The molecule has 0 aromatic heterocycles. The average molecular weight is 389 g/mol. The molecule has 0 atom stereocenters. The van der Waals surface area contributed by atoms with Crippen molar-refractivity contribution in [2.75, 3.05) is 6.54 Å². The Labute approximate surface area is 164 Å². The maximum absolute atomic E-state index is 12.6. The summed E-state index contributed by atoms with van der Waals surface area (Å²) in [7, 11) is 0. The third kappa shape index (κ3) is 6.11. The number of carbonyl (C=O) groups excluding carboxylic acids is 2. The predicted octanol–water partition coefficient (Wildman–Crippen LogP) is 4.14. The summed E-state index contributed by atoms with van der Waals surface area (Å²) >= 11 is 6.60. The zero-order valence-corrected chi connectivity index (χ0v) is 17.2. The van der Waals surface area contributed by atoms with Gasteiger partial charge in [0.2, 0.25) is 5.91 Å². The average Bonchev–Trinajstić information content (AvgIpc) is 2.78. The molecule has 1 saturated heterocycles. The Morgan fingerprint density at radius 1 is 1.27 bits per heavy atom. The number of amides is 2. The van der Waals surface area contributed by atoms with Gasteiger partial charge in [-0.3, -0.25) is 14.5 Å². The maximum atomic E-state index is 12.6. The second kappa shape index (κ2) is 8.64. The fraction of sp³-hybridized carbons (Fsp3) is 0.350. The van der Waals surface area contributed by atoms with Gasteiger partial charge in [0.1, 0.15) is 4.32 Å². The number of carbonyl (C=O) groups is 2. The van der Waals surface area contributed by atoms with Gasteiger partial charge >= 0.3 is 0 Å². The van der Waals surface area contributed by atoms with Gasteiger partial charge in [-0.2, -0.15) is 0 Å². The van der Waals surface area contributed by atoms with Gasteiger partial charge in [0.15, 0.2) is 0 Å². The molecule has 0 radical (unpaired) electrons. The lowest BCUT2D eigenvalue weighted by Gasteiger charge is -2.21. The molecule has 0 unspecified atom stereocenters. The summed E-state index contributed by atoms with van der Waals surface area (Å²) in [5.41, 5.74) is 1.77. The van der Waals surface area contributed by atoms with Crippen LogP contribution in [-0.4, -0.2) is 33.1 Å². The van der Waals surface area contributed by atoms with Crippen molar-refractivity contribution in [2.24, 2.45) is 0 Å². The molecule has 6 heteroatoms. The van der Waals surface area contributed by atoms with E-state index in [-0.39, 0.29) is 23.8 Å². The molecule has 2 amide bonds. The number of benzene rings is 1. The van der Waals surface area contributed by atoms with Crippen molar-refractivity contribution in [2.45, 2.75) is 39.7 Å². The topological polar surface area (TPSA) is 49.4 Å². The number of nitrogens with zero attached hydrogens (tertiary/aromatic N) is 1. The summed E-state index contributed by atoms with van der Waals surface area (Å²) in [5.74, 6) is -0.222. The van der Waals surface area contributed by atoms with E-state index in [2.05, 4.69) is 5.32 Å². The predicted molar refractivity (Wildman–Crippen MR) is 113 cm³/mol. The Balaban J connectivity index is 2.01. The smallest absolute Gasteiger partial charge is 0.266 e. The first-order chi connectivity index (χ1) is 12.2. The normalized spacial score (nSPS) is 17.2. The third-order valence-electron chi connectivity index (χ3n) is 3.50. The van der Waals surface area contributed by atoms with Crippen LogP contribution >= 0.6 is 24.0 Å². The molecular formula is C20H24N2O2S2. The molecule has 1 heterocycles. The zero-order valence-electron chi connectivity index (χ0n) is 15.5. The zero-order chi connectivity index (χ0) is 19.3. The van der Waals surface area contributed by atoms with Crippen LogP contribution in [0.4, 0.5) is 0 Å². The van der Waals surface area contributed by atoms with Crippen molar-refractivity contribution in [3.63, 3.8) is 0 Å². The molecule has 0 spiro atoms. The molecule has 1 N–H and O–H groups in total. The summed E-state index contributed by atoms with van der Waals surface area (Å²) in [5, 5.41) is 2.89. The molecule has 1 aliphatic heterocycles. The Kier molecular flexibility index (Phi) is 6.78. The minimum absolute atomic E-state index is 0.0873. The molecule has 2 rings (SSSR count). The molecule has 1 aliphatic rings. The van der Waals surface area contributed by atoms with E-state index in [1.807, 2.05) is 70.2 Å². The SMILES string of the molecule is CC(=C/c1ccccc1)/C=C1/SC(=S)N(CCC(=O)NC(C)(C)C)C1=O. The van der Waals surface area contributed by atoms with E-state index >= 15 is 0 Å². The molecule has 1 aromatic carbocycles. The molecule has 26 heavy (non-hydrogen) atoms. The number of hydrogen-bond acceptors (Lipinski definition) is 4. The number of thiocarbonyl (C=S) groups is 1. The summed E-state index contributed by atoms with van der Waals surface area (Å²) in [6.45, 7) is 8.03. The fourth-order valence-electron chi connectivity index (χ4n) is 2.45. The second-order valence-corrected chi connectivity index (χ2v) is 8.86. The van der Waals surface area contributed by atoms with Crippen molar-refractivity contribution in [3.8, 4) is 0 Å². The Morgan fingerprint density at radius 3 is 2.54 bits per heavy atom. The van der Waals surface area contributed by atoms with Gasteiger partial charge < -0.3 is 5.32 Å². The largest absolute Gasteiger partial charge is 0.351 e. The lowest BCUT2D eigenvalue weighted by Crippen LogP contribution is -2.42. The van der Waals surface area contributed by atoms with Gasteiger partial charge in [0.05, 0.1) is 4.91 Å². The number of thioether (sulfide) groups is 1. The van der Waals surface area contributed by atoms with E-state index in [9.17, 15) is 9.59 Å². The van der Waals surface area contributed by atoms with Crippen LogP contribution in [0.2, 0.25) is 0 Å². The first-order valence-corrected chi connectivity index (χ1v) is 9.68. The van der Waals surface area contributed by atoms with Gasteiger partial charge in [-0.25, -0.2) is 0 Å². The van der Waals surface area contributed by atoms with E-state index in [4.69, 9.17) is 12.2 Å². The Morgan fingerprint density at radius 2 is 1.92 bits per heavy atom. The highest BCUT2D eigenvalue weighted by molar-refractivity contribution is 8.26. The standard InChI is InChI=1S/C20H24N2O2S2/c1-14(12-15-8-6-5-7-9-15)13-16-18(24)22(19(25)26-16)11-10-17(23)21-20(2,3)4/h5-9,12-13H,10-11H2,1-4H3,(H,21,23)/b14-12-,16-13+. The van der Waals surface area contributed by atoms with Gasteiger partial charge in [0, 0.05) is 18.5 Å². The van der Waals surface area contributed by atoms with Crippen molar-refractivity contribution in [1.29, 1.82) is 0 Å². The van der Waals surface area contributed by atoms with Crippen LogP contribution < -0.4 is 5.32 Å². The van der Waals surface area contributed by atoms with Crippen LogP contribution in [0.25, 0.3) is 6.08 Å². The minimum atomic E-state index is -0.286. The molecule has 0 aliphatic carbocycles. The number of rotatable bonds is 5. The summed E-state index contributed by atoms with van der Waals surface area (Å²) < 4.78 is 0.498. The molecule has 4 nitrogen and oxygen atoms in total. The van der Waals surface area contributed by atoms with Crippen LogP contribution in [-0.2, 0) is 9.59 Å². The van der Waals surface area contributed by atoms with Gasteiger partial charge in [-0.15, -0.1) is 0 Å². The van der Waals surface area contributed by atoms with Crippen LogP contribution in [0.15, 0.2) is 46.9 Å². The van der Waals surface area contributed by atoms with Gasteiger partial charge in [-0.05, 0) is 44.9 Å². The second-order valence-electron chi connectivity index (χ2n) is 7.18.